The van der Waals surface area contributed by atoms with Crippen molar-refractivity contribution in [2.75, 3.05) is 13.2 Å². The summed E-state index contributed by atoms with van der Waals surface area (Å²) in [6.07, 6.45) is 0. The van der Waals surface area contributed by atoms with Gasteiger partial charge in [0.25, 0.3) is 0 Å². The van der Waals surface area contributed by atoms with Crippen LogP contribution in [0.25, 0.3) is 0 Å². The zero-order valence-corrected chi connectivity index (χ0v) is 11.2. The Morgan fingerprint density at radius 3 is 1.15 bits per heavy atom. The molecule has 2 atom stereocenters. The minimum atomic E-state index is 0.120. The number of rotatable bonds is 2. The second kappa shape index (κ2) is 4.44. The van der Waals surface area contributed by atoms with Crippen LogP contribution in [0.4, 0.5) is 0 Å². The quantitative estimate of drug-likeness (QED) is 0.876. The Labute approximate surface area is 118 Å². The summed E-state index contributed by atoms with van der Waals surface area (Å²) >= 11 is 0. The molecule has 5 rings (SSSR count). The Kier molecular flexibility index (Phi) is 2.69. The highest BCUT2D eigenvalue weighted by atomic mass is 16.3. The molecule has 2 aromatic carbocycles. The molecule has 0 radical (unpaired) electrons. The van der Waals surface area contributed by atoms with Gasteiger partial charge in [0.1, 0.15) is 0 Å². The number of hydrogen-bond donors (Lipinski definition) is 2. The molecule has 3 aliphatic carbocycles. The molecule has 0 saturated carbocycles. The van der Waals surface area contributed by atoms with Crippen molar-refractivity contribution in [3.63, 3.8) is 0 Å². The topological polar surface area (TPSA) is 40.5 Å². The summed E-state index contributed by atoms with van der Waals surface area (Å²) in [5.41, 5.74) is 5.33. The summed E-state index contributed by atoms with van der Waals surface area (Å²) in [5, 5.41) is 19.7. The largest absolute Gasteiger partial charge is 0.396 e. The predicted molar refractivity (Wildman–Crippen MR) is 77.7 cm³/mol. The van der Waals surface area contributed by atoms with Crippen molar-refractivity contribution in [3.05, 3.63) is 70.8 Å². The van der Waals surface area contributed by atoms with Gasteiger partial charge in [-0.2, -0.15) is 0 Å². The molecular weight excluding hydrogens is 248 g/mol. The molecule has 0 aromatic heterocycles. The van der Waals surface area contributed by atoms with E-state index in [0.717, 1.165) is 0 Å². The van der Waals surface area contributed by atoms with Gasteiger partial charge in [0.15, 0.2) is 0 Å². The molecular formula is C18H18O2. The van der Waals surface area contributed by atoms with Gasteiger partial charge < -0.3 is 10.2 Å². The first-order valence-corrected chi connectivity index (χ1v) is 7.26. The van der Waals surface area contributed by atoms with Crippen molar-refractivity contribution in [1.29, 1.82) is 0 Å². The van der Waals surface area contributed by atoms with Gasteiger partial charge in [-0.3, -0.25) is 0 Å². The number of fused-ring (bicyclic) bond motifs is 1. The number of hydrogen-bond acceptors (Lipinski definition) is 2. The molecule has 2 heteroatoms. The van der Waals surface area contributed by atoms with E-state index < -0.39 is 0 Å². The molecule has 0 unspecified atom stereocenters. The zero-order valence-electron chi connectivity index (χ0n) is 11.2. The van der Waals surface area contributed by atoms with Gasteiger partial charge in [-0.15, -0.1) is 0 Å². The van der Waals surface area contributed by atoms with Gasteiger partial charge >= 0.3 is 0 Å². The van der Waals surface area contributed by atoms with E-state index in [2.05, 4.69) is 48.5 Å². The average molecular weight is 266 g/mol. The third-order valence-electron chi connectivity index (χ3n) is 5.16. The van der Waals surface area contributed by atoms with Crippen molar-refractivity contribution in [3.8, 4) is 0 Å². The monoisotopic (exact) mass is 266 g/mol. The maximum atomic E-state index is 9.85. The summed E-state index contributed by atoms with van der Waals surface area (Å²) in [5.74, 6) is 0.675. The maximum absolute atomic E-state index is 9.85. The van der Waals surface area contributed by atoms with E-state index in [-0.39, 0.29) is 36.9 Å². The van der Waals surface area contributed by atoms with E-state index in [4.69, 9.17) is 0 Å². The van der Waals surface area contributed by atoms with Crippen LogP contribution in [0.3, 0.4) is 0 Å². The standard InChI is InChI=1S/C18H18O2/c19-9-15-16(10-20)18-12-6-2-1-5-11(12)17(15)13-7-3-4-8-14(13)18/h1-8,15-20H,9-10H2/t15-,16+,17?,18?. The van der Waals surface area contributed by atoms with E-state index in [1.54, 1.807) is 0 Å². The zero-order chi connectivity index (χ0) is 13.7. The van der Waals surface area contributed by atoms with Gasteiger partial charge in [-0.05, 0) is 34.1 Å². The summed E-state index contributed by atoms with van der Waals surface area (Å²) < 4.78 is 0. The van der Waals surface area contributed by atoms with Crippen LogP contribution in [0.1, 0.15) is 34.1 Å². The van der Waals surface area contributed by atoms with Crippen LogP contribution in [0, 0.1) is 11.8 Å². The van der Waals surface area contributed by atoms with E-state index in [0.29, 0.717) is 0 Å². The first kappa shape index (κ1) is 12.1. The van der Waals surface area contributed by atoms with Crippen LogP contribution in [-0.4, -0.2) is 23.4 Å². The fraction of sp³-hybridized carbons (Fsp3) is 0.333. The first-order valence-electron chi connectivity index (χ1n) is 7.26. The molecule has 20 heavy (non-hydrogen) atoms. The highest BCUT2D eigenvalue weighted by molar-refractivity contribution is 5.56. The molecule has 0 aliphatic heterocycles. The van der Waals surface area contributed by atoms with Crippen molar-refractivity contribution in [2.45, 2.75) is 11.8 Å². The van der Waals surface area contributed by atoms with E-state index >= 15 is 0 Å². The summed E-state index contributed by atoms with van der Waals surface area (Å²) in [6, 6.07) is 17.0. The van der Waals surface area contributed by atoms with E-state index in [9.17, 15) is 10.2 Å². The Hall–Kier alpha value is -1.64. The van der Waals surface area contributed by atoms with Crippen LogP contribution in [0.5, 0.6) is 0 Å². The molecule has 2 aromatic rings. The van der Waals surface area contributed by atoms with Crippen LogP contribution in [0.15, 0.2) is 48.5 Å². The maximum Gasteiger partial charge on any atom is 0.0472 e. The SMILES string of the molecule is OC[C@@H]1C2c3ccccc3C(c3ccccc32)[C@@H]1CO. The smallest absolute Gasteiger partial charge is 0.0472 e. The predicted octanol–water partition coefficient (Wildman–Crippen LogP) is 2.49. The Bertz CT molecular complexity index is 546. The molecule has 0 saturated heterocycles. The molecule has 2 bridgehead atoms. The summed E-state index contributed by atoms with van der Waals surface area (Å²) in [4.78, 5) is 0. The third-order valence-corrected chi connectivity index (χ3v) is 5.16. The minimum Gasteiger partial charge on any atom is -0.396 e. The Balaban J connectivity index is 2.01. The minimum absolute atomic E-state index is 0.120. The fourth-order valence-corrected chi connectivity index (χ4v) is 4.39. The normalized spacial score (nSPS) is 29.9. The molecule has 2 nitrogen and oxygen atoms in total. The van der Waals surface area contributed by atoms with Crippen LogP contribution >= 0.6 is 0 Å². The lowest BCUT2D eigenvalue weighted by molar-refractivity contribution is 0.0809. The van der Waals surface area contributed by atoms with Gasteiger partial charge in [-0.1, -0.05) is 48.5 Å². The average Bonchev–Trinajstić information content (AvgIpc) is 2.53. The highest BCUT2D eigenvalue weighted by Crippen LogP contribution is 2.57. The Morgan fingerprint density at radius 2 is 0.900 bits per heavy atom. The van der Waals surface area contributed by atoms with Crippen LogP contribution < -0.4 is 0 Å². The molecule has 3 aliphatic rings. The van der Waals surface area contributed by atoms with E-state index in [1.165, 1.54) is 22.3 Å². The first-order chi connectivity index (χ1) is 9.86. The number of aliphatic hydroxyl groups excluding tert-OH is 2. The van der Waals surface area contributed by atoms with Crippen LogP contribution in [-0.2, 0) is 0 Å². The molecule has 0 heterocycles. The van der Waals surface area contributed by atoms with E-state index in [1.807, 2.05) is 0 Å². The Morgan fingerprint density at radius 1 is 0.600 bits per heavy atom. The van der Waals surface area contributed by atoms with Crippen molar-refractivity contribution in [2.24, 2.45) is 11.8 Å². The second-order valence-corrected chi connectivity index (χ2v) is 5.91. The van der Waals surface area contributed by atoms with Gasteiger partial charge in [0, 0.05) is 25.0 Å². The second-order valence-electron chi connectivity index (χ2n) is 5.91. The molecule has 2 N–H and O–H groups in total. The van der Waals surface area contributed by atoms with Crippen LogP contribution in [0.2, 0.25) is 0 Å². The lowest BCUT2D eigenvalue weighted by Gasteiger charge is -2.49. The lowest BCUT2D eigenvalue weighted by Crippen LogP contribution is -2.43. The summed E-state index contributed by atoms with van der Waals surface area (Å²) in [7, 11) is 0. The van der Waals surface area contributed by atoms with Gasteiger partial charge in [-0.25, -0.2) is 0 Å². The third kappa shape index (κ3) is 1.41. The molecule has 0 spiro atoms. The number of aliphatic hydroxyl groups is 2. The lowest BCUT2D eigenvalue weighted by atomic mass is 9.54. The molecule has 0 amide bonds. The molecule has 0 fully saturated rings. The fourth-order valence-electron chi connectivity index (χ4n) is 4.39. The van der Waals surface area contributed by atoms with Gasteiger partial charge in [0.2, 0.25) is 0 Å². The number of benzene rings is 2. The highest BCUT2D eigenvalue weighted by Gasteiger charge is 2.48. The van der Waals surface area contributed by atoms with Gasteiger partial charge in [0.05, 0.1) is 0 Å². The van der Waals surface area contributed by atoms with Crippen molar-refractivity contribution in [1.82, 2.24) is 0 Å². The molecule has 102 valence electrons. The van der Waals surface area contributed by atoms with Crippen molar-refractivity contribution < 1.29 is 10.2 Å². The summed E-state index contributed by atoms with van der Waals surface area (Å²) in [6.45, 7) is 0.268. The van der Waals surface area contributed by atoms with Crippen molar-refractivity contribution >= 4 is 0 Å².